The lowest BCUT2D eigenvalue weighted by molar-refractivity contribution is -0.384. The molecule has 86 valence electrons. The first-order valence-electron chi connectivity index (χ1n) is 5.00. The van der Waals surface area contributed by atoms with E-state index in [1.54, 1.807) is 0 Å². The number of nitrogens with zero attached hydrogens (tertiary/aromatic N) is 2. The van der Waals surface area contributed by atoms with Gasteiger partial charge in [0.2, 0.25) is 0 Å². The molecule has 2 atom stereocenters. The molecule has 1 heterocycles. The summed E-state index contributed by atoms with van der Waals surface area (Å²) in [5.41, 5.74) is 2.28. The van der Waals surface area contributed by atoms with Crippen molar-refractivity contribution in [3.63, 3.8) is 0 Å². The Morgan fingerprint density at radius 1 is 1.56 bits per heavy atom. The minimum absolute atomic E-state index is 0.0289. The van der Waals surface area contributed by atoms with Crippen molar-refractivity contribution in [1.29, 1.82) is 0 Å². The molecule has 0 amide bonds. The van der Waals surface area contributed by atoms with Crippen LogP contribution in [0.5, 0.6) is 0 Å². The maximum atomic E-state index is 10.7. The van der Waals surface area contributed by atoms with Gasteiger partial charge in [-0.2, -0.15) is 0 Å². The van der Waals surface area contributed by atoms with Crippen LogP contribution in [0.4, 0.5) is 17.3 Å². The van der Waals surface area contributed by atoms with Crippen LogP contribution in [0.2, 0.25) is 0 Å². The van der Waals surface area contributed by atoms with Gasteiger partial charge in [0.15, 0.2) is 0 Å². The van der Waals surface area contributed by atoms with Crippen molar-refractivity contribution in [2.45, 2.75) is 19.4 Å². The number of rotatable bonds is 4. The Hall–Kier alpha value is -1.89. The second kappa shape index (κ2) is 3.93. The number of hydrazine groups is 1. The highest BCUT2D eigenvalue weighted by Crippen LogP contribution is 2.33. The van der Waals surface area contributed by atoms with Crippen LogP contribution in [0.25, 0.3) is 0 Å². The molecule has 0 saturated heterocycles. The average molecular weight is 223 g/mol. The number of anilines is 2. The van der Waals surface area contributed by atoms with Gasteiger partial charge in [0.1, 0.15) is 11.6 Å². The maximum Gasteiger partial charge on any atom is 0.276 e. The van der Waals surface area contributed by atoms with E-state index in [1.807, 2.05) is 0 Å². The van der Waals surface area contributed by atoms with E-state index in [2.05, 4.69) is 22.7 Å². The molecule has 7 heteroatoms. The molecular weight excluding hydrogens is 210 g/mol. The van der Waals surface area contributed by atoms with Crippen LogP contribution in [0.3, 0.4) is 0 Å². The average Bonchev–Trinajstić information content (AvgIpc) is 2.93. The minimum atomic E-state index is -0.468. The number of nitrogens with one attached hydrogen (secondary N) is 2. The summed E-state index contributed by atoms with van der Waals surface area (Å²) >= 11 is 0. The van der Waals surface area contributed by atoms with Gasteiger partial charge in [0, 0.05) is 6.04 Å². The van der Waals surface area contributed by atoms with Gasteiger partial charge in [-0.3, -0.25) is 10.1 Å². The zero-order valence-electron chi connectivity index (χ0n) is 8.80. The highest BCUT2D eigenvalue weighted by atomic mass is 16.6. The molecule has 2 unspecified atom stereocenters. The van der Waals surface area contributed by atoms with Crippen molar-refractivity contribution >= 4 is 17.3 Å². The third-order valence-corrected chi connectivity index (χ3v) is 2.61. The molecule has 0 aromatic carbocycles. The highest BCUT2D eigenvalue weighted by Gasteiger charge is 2.33. The lowest BCUT2D eigenvalue weighted by Gasteiger charge is -2.06. The first-order valence-corrected chi connectivity index (χ1v) is 5.00. The number of nitro groups is 1. The van der Waals surface area contributed by atoms with E-state index in [4.69, 9.17) is 5.84 Å². The zero-order chi connectivity index (χ0) is 11.7. The van der Waals surface area contributed by atoms with E-state index >= 15 is 0 Å². The molecule has 0 spiro atoms. The fourth-order valence-electron chi connectivity index (χ4n) is 1.48. The minimum Gasteiger partial charge on any atom is -0.367 e. The summed E-state index contributed by atoms with van der Waals surface area (Å²) in [6.45, 7) is 2.11. The van der Waals surface area contributed by atoms with Gasteiger partial charge >= 0.3 is 0 Å². The van der Waals surface area contributed by atoms with Gasteiger partial charge in [-0.25, -0.2) is 10.8 Å². The summed E-state index contributed by atoms with van der Waals surface area (Å²) < 4.78 is 0. The molecule has 2 rings (SSSR count). The molecule has 4 N–H and O–H groups in total. The van der Waals surface area contributed by atoms with E-state index in [0.29, 0.717) is 17.8 Å². The fourth-order valence-corrected chi connectivity index (χ4v) is 1.48. The Kier molecular flexibility index (Phi) is 2.61. The van der Waals surface area contributed by atoms with Gasteiger partial charge < -0.3 is 10.7 Å². The Morgan fingerprint density at radius 2 is 2.19 bits per heavy atom. The standard InChI is InChI=1S/C9H13N5O2/c1-5-2-7(5)11-8-3-6(14(15)16)4-9(12-8)13-10/h3-5,7H,2,10H2,1H3,(H2,11,12,13). The van der Waals surface area contributed by atoms with Crippen LogP contribution in [0.15, 0.2) is 12.1 Å². The number of hydrogen-bond donors (Lipinski definition) is 3. The Bertz CT molecular complexity index is 422. The Morgan fingerprint density at radius 3 is 2.69 bits per heavy atom. The molecule has 1 aliphatic rings. The second-order valence-electron chi connectivity index (χ2n) is 3.96. The van der Waals surface area contributed by atoms with E-state index in [1.165, 1.54) is 12.1 Å². The van der Waals surface area contributed by atoms with E-state index in [-0.39, 0.29) is 11.5 Å². The van der Waals surface area contributed by atoms with E-state index in [0.717, 1.165) is 6.42 Å². The first kappa shape index (κ1) is 10.6. The second-order valence-corrected chi connectivity index (χ2v) is 3.96. The van der Waals surface area contributed by atoms with Crippen molar-refractivity contribution in [1.82, 2.24) is 4.98 Å². The lowest BCUT2D eigenvalue weighted by Crippen LogP contribution is -2.12. The number of nitrogens with two attached hydrogens (primary N) is 1. The quantitative estimate of drug-likeness (QED) is 0.401. The third-order valence-electron chi connectivity index (χ3n) is 2.61. The molecule has 1 aliphatic carbocycles. The molecule has 0 radical (unpaired) electrons. The molecule has 0 bridgehead atoms. The molecule has 1 fully saturated rings. The predicted octanol–water partition coefficient (Wildman–Crippen LogP) is 1.10. The molecule has 7 nitrogen and oxygen atoms in total. The summed E-state index contributed by atoms with van der Waals surface area (Å²) in [6.07, 6.45) is 1.07. The fraction of sp³-hybridized carbons (Fsp3) is 0.444. The molecule has 1 saturated carbocycles. The number of hydrogen-bond acceptors (Lipinski definition) is 6. The van der Waals surface area contributed by atoms with Crippen LogP contribution in [0.1, 0.15) is 13.3 Å². The lowest BCUT2D eigenvalue weighted by atomic mass is 10.3. The number of aromatic nitrogens is 1. The van der Waals surface area contributed by atoms with Gasteiger partial charge in [0.25, 0.3) is 5.69 Å². The number of nitrogen functional groups attached to an aromatic ring is 1. The van der Waals surface area contributed by atoms with Gasteiger partial charge in [-0.15, -0.1) is 0 Å². The summed E-state index contributed by atoms with van der Waals surface area (Å²) in [5, 5.41) is 13.8. The van der Waals surface area contributed by atoms with E-state index < -0.39 is 4.92 Å². The van der Waals surface area contributed by atoms with Gasteiger partial charge in [0.05, 0.1) is 17.1 Å². The highest BCUT2D eigenvalue weighted by molar-refractivity contribution is 5.55. The smallest absolute Gasteiger partial charge is 0.276 e. The normalized spacial score (nSPS) is 22.6. The Labute approximate surface area is 92.2 Å². The molecular formula is C9H13N5O2. The van der Waals surface area contributed by atoms with Gasteiger partial charge in [-0.05, 0) is 12.3 Å². The van der Waals surface area contributed by atoms with Crippen LogP contribution in [-0.4, -0.2) is 15.9 Å². The SMILES string of the molecule is CC1CC1Nc1cc([N+](=O)[O-])cc(NN)n1. The van der Waals surface area contributed by atoms with Crippen molar-refractivity contribution in [3.05, 3.63) is 22.2 Å². The molecule has 1 aromatic rings. The van der Waals surface area contributed by atoms with E-state index in [9.17, 15) is 10.1 Å². The predicted molar refractivity (Wildman–Crippen MR) is 59.9 cm³/mol. The molecule has 1 aromatic heterocycles. The van der Waals surface area contributed by atoms with Crippen LogP contribution >= 0.6 is 0 Å². The van der Waals surface area contributed by atoms with Crippen molar-refractivity contribution < 1.29 is 4.92 Å². The van der Waals surface area contributed by atoms with Crippen LogP contribution < -0.4 is 16.6 Å². The maximum absolute atomic E-state index is 10.7. The Balaban J connectivity index is 2.22. The topological polar surface area (TPSA) is 106 Å². The van der Waals surface area contributed by atoms with Crippen LogP contribution in [-0.2, 0) is 0 Å². The van der Waals surface area contributed by atoms with Gasteiger partial charge in [-0.1, -0.05) is 6.92 Å². The third kappa shape index (κ3) is 2.19. The van der Waals surface area contributed by atoms with Crippen LogP contribution in [0, 0.1) is 16.0 Å². The summed E-state index contributed by atoms with van der Waals surface area (Å²) in [4.78, 5) is 14.3. The van der Waals surface area contributed by atoms with Crippen molar-refractivity contribution in [2.24, 2.45) is 11.8 Å². The van der Waals surface area contributed by atoms with Crippen molar-refractivity contribution in [3.8, 4) is 0 Å². The zero-order valence-corrected chi connectivity index (χ0v) is 8.80. The first-order chi connectivity index (χ1) is 7.60. The summed E-state index contributed by atoms with van der Waals surface area (Å²) in [6, 6.07) is 3.06. The summed E-state index contributed by atoms with van der Waals surface area (Å²) in [5.74, 6) is 6.56. The number of pyridine rings is 1. The largest absolute Gasteiger partial charge is 0.367 e. The molecule has 0 aliphatic heterocycles. The van der Waals surface area contributed by atoms with Crippen molar-refractivity contribution in [2.75, 3.05) is 10.7 Å². The molecule has 16 heavy (non-hydrogen) atoms. The monoisotopic (exact) mass is 223 g/mol. The summed E-state index contributed by atoms with van der Waals surface area (Å²) in [7, 11) is 0.